The fourth-order valence-electron chi connectivity index (χ4n) is 3.84. The van der Waals surface area contributed by atoms with Gasteiger partial charge in [0.2, 0.25) is 5.91 Å². The number of nitrogens with zero attached hydrogens (tertiary/aromatic N) is 1. The Labute approximate surface area is 174 Å². The first-order valence-corrected chi connectivity index (χ1v) is 12.1. The standard InChI is InChI=1S/C22H32ClNO3S/c1-6-7-18-10-13-20(17-8-11-19(23)12-9-17)24(22(18)25)21(15(2)3)14-28(26,27)16(4)5/h6,8-9,11-12,15-16,18,20-21H,1,7,10,13-14H2,2-5H3/t18-,20-,21?/m0/s1. The molecule has 1 heterocycles. The summed E-state index contributed by atoms with van der Waals surface area (Å²) in [6, 6.07) is 7.02. The van der Waals surface area contributed by atoms with Gasteiger partial charge in [-0.15, -0.1) is 6.58 Å². The maximum atomic E-state index is 13.4. The number of sulfone groups is 1. The zero-order valence-corrected chi connectivity index (χ0v) is 18.8. The molecule has 1 aliphatic heterocycles. The van der Waals surface area contributed by atoms with Crippen molar-refractivity contribution in [3.8, 4) is 0 Å². The van der Waals surface area contributed by atoms with Crippen molar-refractivity contribution in [1.29, 1.82) is 0 Å². The van der Waals surface area contributed by atoms with E-state index in [4.69, 9.17) is 11.6 Å². The van der Waals surface area contributed by atoms with Crippen LogP contribution in [0.4, 0.5) is 0 Å². The fraction of sp³-hybridized carbons (Fsp3) is 0.591. The lowest BCUT2D eigenvalue weighted by molar-refractivity contribution is -0.146. The van der Waals surface area contributed by atoms with Crippen LogP contribution in [0, 0.1) is 11.8 Å². The highest BCUT2D eigenvalue weighted by Crippen LogP contribution is 2.39. The Bertz CT molecular complexity index is 787. The molecule has 0 aliphatic carbocycles. The lowest BCUT2D eigenvalue weighted by Crippen LogP contribution is -2.53. The first-order valence-electron chi connectivity index (χ1n) is 9.98. The second kappa shape index (κ2) is 9.45. The van der Waals surface area contributed by atoms with E-state index in [0.717, 1.165) is 18.4 Å². The van der Waals surface area contributed by atoms with E-state index in [1.165, 1.54) is 0 Å². The molecule has 3 atom stereocenters. The van der Waals surface area contributed by atoms with Gasteiger partial charge in [0.05, 0.1) is 17.0 Å². The van der Waals surface area contributed by atoms with Gasteiger partial charge < -0.3 is 4.90 Å². The molecule has 1 unspecified atom stereocenters. The quantitative estimate of drug-likeness (QED) is 0.548. The van der Waals surface area contributed by atoms with Crippen LogP contribution in [0.5, 0.6) is 0 Å². The number of carbonyl (C=O) groups is 1. The topological polar surface area (TPSA) is 54.5 Å². The van der Waals surface area contributed by atoms with E-state index >= 15 is 0 Å². The van der Waals surface area contributed by atoms with Crippen LogP contribution in [0.2, 0.25) is 5.02 Å². The molecule has 0 bridgehead atoms. The lowest BCUT2D eigenvalue weighted by Gasteiger charge is -2.45. The molecule has 1 amide bonds. The molecule has 0 spiro atoms. The van der Waals surface area contributed by atoms with E-state index in [-0.39, 0.29) is 35.6 Å². The maximum Gasteiger partial charge on any atom is 0.226 e. The van der Waals surface area contributed by atoms with Crippen LogP contribution < -0.4 is 0 Å². The third-order valence-electron chi connectivity index (χ3n) is 5.68. The van der Waals surface area contributed by atoms with Crippen molar-refractivity contribution in [1.82, 2.24) is 4.90 Å². The summed E-state index contributed by atoms with van der Waals surface area (Å²) in [5, 5.41) is 0.177. The van der Waals surface area contributed by atoms with Crippen LogP contribution in [0.25, 0.3) is 0 Å². The molecule has 0 aromatic heterocycles. The molecular formula is C22H32ClNO3S. The maximum absolute atomic E-state index is 13.4. The summed E-state index contributed by atoms with van der Waals surface area (Å²) in [6.45, 7) is 11.2. The van der Waals surface area contributed by atoms with Gasteiger partial charge in [0.15, 0.2) is 9.84 Å². The van der Waals surface area contributed by atoms with E-state index in [1.54, 1.807) is 19.9 Å². The summed E-state index contributed by atoms with van der Waals surface area (Å²) < 4.78 is 25.4. The van der Waals surface area contributed by atoms with Gasteiger partial charge in [0.25, 0.3) is 0 Å². The van der Waals surface area contributed by atoms with Crippen molar-refractivity contribution < 1.29 is 13.2 Å². The van der Waals surface area contributed by atoms with E-state index in [1.807, 2.05) is 43.0 Å². The van der Waals surface area contributed by atoms with Crippen molar-refractivity contribution in [2.45, 2.75) is 64.3 Å². The first kappa shape index (κ1) is 23.0. The van der Waals surface area contributed by atoms with Crippen molar-refractivity contribution in [2.24, 2.45) is 11.8 Å². The predicted octanol–water partition coefficient (Wildman–Crippen LogP) is 5.04. The molecule has 1 fully saturated rings. The number of halogens is 1. The van der Waals surface area contributed by atoms with E-state index in [9.17, 15) is 13.2 Å². The summed E-state index contributed by atoms with van der Waals surface area (Å²) in [4.78, 5) is 15.3. The van der Waals surface area contributed by atoms with E-state index < -0.39 is 15.1 Å². The summed E-state index contributed by atoms with van der Waals surface area (Å²) in [5.41, 5.74) is 1.00. The lowest BCUT2D eigenvalue weighted by atomic mass is 9.84. The summed E-state index contributed by atoms with van der Waals surface area (Å²) in [5.74, 6) is -0.0959. The Morgan fingerprint density at radius 1 is 1.18 bits per heavy atom. The highest BCUT2D eigenvalue weighted by atomic mass is 35.5. The number of amides is 1. The first-order chi connectivity index (χ1) is 13.1. The van der Waals surface area contributed by atoms with Crippen molar-refractivity contribution in [3.05, 3.63) is 47.5 Å². The highest BCUT2D eigenvalue weighted by molar-refractivity contribution is 7.92. The van der Waals surface area contributed by atoms with E-state index in [2.05, 4.69) is 6.58 Å². The smallest absolute Gasteiger partial charge is 0.226 e. The molecule has 0 N–H and O–H groups in total. The third kappa shape index (κ3) is 5.18. The van der Waals surface area contributed by atoms with Crippen molar-refractivity contribution in [3.63, 3.8) is 0 Å². The monoisotopic (exact) mass is 425 g/mol. The van der Waals surface area contributed by atoms with Crippen LogP contribution in [0.3, 0.4) is 0 Å². The summed E-state index contributed by atoms with van der Waals surface area (Å²) in [7, 11) is -3.29. The minimum Gasteiger partial charge on any atom is -0.331 e. The number of piperidine rings is 1. The Kier molecular flexibility index (Phi) is 7.74. The number of hydrogen-bond acceptors (Lipinski definition) is 3. The minimum absolute atomic E-state index is 0.0149. The van der Waals surface area contributed by atoms with Crippen LogP contribution in [0.1, 0.15) is 58.6 Å². The van der Waals surface area contributed by atoms with Crippen LogP contribution in [-0.4, -0.2) is 36.3 Å². The number of carbonyl (C=O) groups excluding carboxylic acids is 1. The molecule has 156 valence electrons. The highest BCUT2D eigenvalue weighted by Gasteiger charge is 2.42. The van der Waals surface area contributed by atoms with Gasteiger partial charge in [0, 0.05) is 17.0 Å². The van der Waals surface area contributed by atoms with Gasteiger partial charge in [-0.1, -0.05) is 43.7 Å². The molecule has 0 saturated carbocycles. The molecule has 4 nitrogen and oxygen atoms in total. The fourth-order valence-corrected chi connectivity index (χ4v) is 5.37. The second-order valence-electron chi connectivity index (χ2n) is 8.30. The number of benzene rings is 1. The van der Waals surface area contributed by atoms with Gasteiger partial charge in [-0.05, 0) is 56.7 Å². The van der Waals surface area contributed by atoms with E-state index in [0.29, 0.717) is 11.4 Å². The minimum atomic E-state index is -3.29. The normalized spacial score (nSPS) is 22.0. The third-order valence-corrected chi connectivity index (χ3v) is 8.18. The van der Waals surface area contributed by atoms with Gasteiger partial charge in [-0.2, -0.15) is 0 Å². The number of allylic oxidation sites excluding steroid dienone is 1. The summed E-state index contributed by atoms with van der Waals surface area (Å²) in [6.07, 6.45) is 3.97. The number of rotatable bonds is 8. The number of hydrogen-bond donors (Lipinski definition) is 0. The summed E-state index contributed by atoms with van der Waals surface area (Å²) >= 11 is 6.04. The molecule has 1 aromatic carbocycles. The molecule has 1 aliphatic rings. The molecule has 1 aromatic rings. The average molecular weight is 426 g/mol. The van der Waals surface area contributed by atoms with Gasteiger partial charge >= 0.3 is 0 Å². The zero-order chi connectivity index (χ0) is 21.1. The van der Waals surface area contributed by atoms with Gasteiger partial charge in [-0.25, -0.2) is 8.42 Å². The van der Waals surface area contributed by atoms with Crippen LogP contribution >= 0.6 is 11.6 Å². The van der Waals surface area contributed by atoms with Crippen molar-refractivity contribution >= 4 is 27.3 Å². The molecule has 2 rings (SSSR count). The Balaban J connectivity index is 2.48. The van der Waals surface area contributed by atoms with Gasteiger partial charge in [-0.3, -0.25) is 4.79 Å². The molecule has 0 radical (unpaired) electrons. The zero-order valence-electron chi connectivity index (χ0n) is 17.3. The molecule has 1 saturated heterocycles. The van der Waals surface area contributed by atoms with Gasteiger partial charge in [0.1, 0.15) is 0 Å². The molecular weight excluding hydrogens is 394 g/mol. The Morgan fingerprint density at radius 2 is 1.79 bits per heavy atom. The predicted molar refractivity (Wildman–Crippen MR) is 116 cm³/mol. The average Bonchev–Trinajstić information content (AvgIpc) is 2.62. The molecule has 28 heavy (non-hydrogen) atoms. The Hall–Kier alpha value is -1.33. The van der Waals surface area contributed by atoms with Crippen LogP contribution in [-0.2, 0) is 14.6 Å². The SMILES string of the molecule is C=CC[C@H]1CC[C@@H](c2ccc(Cl)cc2)N(C(CS(=O)(=O)C(C)C)C(C)C)C1=O. The number of likely N-dealkylation sites (tertiary alicyclic amines) is 1. The Morgan fingerprint density at radius 3 is 2.29 bits per heavy atom. The molecule has 6 heteroatoms. The second-order valence-corrected chi connectivity index (χ2v) is 11.3. The van der Waals surface area contributed by atoms with Crippen molar-refractivity contribution in [2.75, 3.05) is 5.75 Å². The largest absolute Gasteiger partial charge is 0.331 e. The van der Waals surface area contributed by atoms with Crippen LogP contribution in [0.15, 0.2) is 36.9 Å².